The number of likely N-dealkylation sites (tertiary alicyclic amines) is 1. The van der Waals surface area contributed by atoms with Crippen molar-refractivity contribution in [1.29, 1.82) is 0 Å². The number of pyridine rings is 2. The molecule has 3 heterocycles. The molecule has 31 heavy (non-hydrogen) atoms. The molecule has 1 saturated heterocycles. The Kier molecular flexibility index (Phi) is 6.38. The molecular formula is C27H32N4. The highest BCUT2D eigenvalue weighted by Gasteiger charge is 2.31. The van der Waals surface area contributed by atoms with Gasteiger partial charge >= 0.3 is 0 Å². The summed E-state index contributed by atoms with van der Waals surface area (Å²) in [6.45, 7) is 4.63. The summed E-state index contributed by atoms with van der Waals surface area (Å²) >= 11 is 0. The van der Waals surface area contributed by atoms with E-state index in [1.165, 1.54) is 49.9 Å². The molecule has 0 unspecified atom stereocenters. The molecule has 160 valence electrons. The van der Waals surface area contributed by atoms with E-state index in [-0.39, 0.29) is 6.04 Å². The summed E-state index contributed by atoms with van der Waals surface area (Å²) in [5, 5.41) is 3.75. The first-order valence-electron chi connectivity index (χ1n) is 11.7. The van der Waals surface area contributed by atoms with Gasteiger partial charge in [0.05, 0.1) is 17.4 Å². The number of hydrogen-bond acceptors (Lipinski definition) is 4. The van der Waals surface area contributed by atoms with Gasteiger partial charge in [-0.2, -0.15) is 0 Å². The van der Waals surface area contributed by atoms with Gasteiger partial charge in [0.25, 0.3) is 0 Å². The monoisotopic (exact) mass is 412 g/mol. The Balaban J connectivity index is 1.14. The van der Waals surface area contributed by atoms with E-state index < -0.39 is 0 Å². The van der Waals surface area contributed by atoms with E-state index in [2.05, 4.69) is 56.6 Å². The molecule has 0 atom stereocenters. The smallest absolute Gasteiger partial charge is 0.0925 e. The van der Waals surface area contributed by atoms with Crippen LogP contribution in [0.25, 0.3) is 0 Å². The normalized spacial score (nSPS) is 21.3. The molecule has 1 N–H and O–H groups in total. The molecular weight excluding hydrogens is 380 g/mol. The average molecular weight is 413 g/mol. The third-order valence-electron chi connectivity index (χ3n) is 6.87. The van der Waals surface area contributed by atoms with Crippen molar-refractivity contribution in [3.63, 3.8) is 0 Å². The van der Waals surface area contributed by atoms with Crippen LogP contribution in [0.2, 0.25) is 0 Å². The van der Waals surface area contributed by atoms with Gasteiger partial charge < -0.3 is 5.32 Å². The van der Waals surface area contributed by atoms with Gasteiger partial charge in [0.15, 0.2) is 0 Å². The van der Waals surface area contributed by atoms with Gasteiger partial charge in [0, 0.05) is 18.9 Å². The predicted octanol–water partition coefficient (Wildman–Crippen LogP) is 4.95. The zero-order valence-electron chi connectivity index (χ0n) is 18.2. The number of aromatic nitrogens is 2. The van der Waals surface area contributed by atoms with Crippen molar-refractivity contribution >= 4 is 0 Å². The van der Waals surface area contributed by atoms with Crippen molar-refractivity contribution in [2.45, 2.75) is 44.2 Å². The Bertz CT molecular complexity index is 890. The molecule has 1 saturated carbocycles. The largest absolute Gasteiger partial charge is 0.303 e. The molecule has 0 radical (unpaired) electrons. The highest BCUT2D eigenvalue weighted by Crippen LogP contribution is 2.41. The molecule has 0 amide bonds. The first-order chi connectivity index (χ1) is 15.3. The van der Waals surface area contributed by atoms with Crippen LogP contribution in [-0.4, -0.2) is 34.5 Å². The van der Waals surface area contributed by atoms with Gasteiger partial charge in [-0.1, -0.05) is 36.4 Å². The molecule has 4 nitrogen and oxygen atoms in total. The summed E-state index contributed by atoms with van der Waals surface area (Å²) < 4.78 is 0. The van der Waals surface area contributed by atoms with E-state index in [0.29, 0.717) is 11.8 Å². The number of nitrogens with zero attached hydrogens (tertiary/aromatic N) is 3. The summed E-state index contributed by atoms with van der Waals surface area (Å²) in [4.78, 5) is 11.7. The third kappa shape index (κ3) is 5.03. The van der Waals surface area contributed by atoms with Gasteiger partial charge in [-0.15, -0.1) is 0 Å². The molecule has 2 fully saturated rings. The van der Waals surface area contributed by atoms with E-state index in [4.69, 9.17) is 0 Å². The second kappa shape index (κ2) is 9.71. The SMILES string of the molecule is c1ccc(C(NC[C@H]2C[C@H](c3ccc(CN4CCCC4)cc3)C2)c2ccccn2)nc1. The summed E-state index contributed by atoms with van der Waals surface area (Å²) in [6.07, 6.45) is 8.96. The molecule has 1 aliphatic heterocycles. The quantitative estimate of drug-likeness (QED) is 0.569. The lowest BCUT2D eigenvalue weighted by Crippen LogP contribution is -2.35. The molecule has 2 aromatic heterocycles. The zero-order chi connectivity index (χ0) is 20.9. The summed E-state index contributed by atoms with van der Waals surface area (Å²) in [6, 6.07) is 21.7. The predicted molar refractivity (Wildman–Crippen MR) is 125 cm³/mol. The van der Waals surface area contributed by atoms with Gasteiger partial charge in [0.1, 0.15) is 0 Å². The maximum Gasteiger partial charge on any atom is 0.0925 e. The van der Waals surface area contributed by atoms with E-state index in [9.17, 15) is 0 Å². The van der Waals surface area contributed by atoms with Crippen molar-refractivity contribution in [3.8, 4) is 0 Å². The second-order valence-corrected chi connectivity index (χ2v) is 9.11. The Morgan fingerprint density at radius 2 is 1.48 bits per heavy atom. The van der Waals surface area contributed by atoms with Crippen LogP contribution in [0.15, 0.2) is 73.1 Å². The number of rotatable bonds is 8. The second-order valence-electron chi connectivity index (χ2n) is 9.11. The molecule has 5 rings (SSSR count). The molecule has 2 aliphatic rings. The van der Waals surface area contributed by atoms with E-state index in [1.807, 2.05) is 36.7 Å². The van der Waals surface area contributed by atoms with Crippen LogP contribution in [0.1, 0.15) is 60.2 Å². The minimum absolute atomic E-state index is 0.0475. The first kappa shape index (κ1) is 20.3. The van der Waals surface area contributed by atoms with Gasteiger partial charge in [-0.3, -0.25) is 14.9 Å². The Hall–Kier alpha value is -2.56. The van der Waals surface area contributed by atoms with Crippen LogP contribution in [0.3, 0.4) is 0 Å². The summed E-state index contributed by atoms with van der Waals surface area (Å²) in [5.74, 6) is 1.42. The van der Waals surface area contributed by atoms with Crippen molar-refractivity contribution in [3.05, 3.63) is 95.6 Å². The average Bonchev–Trinajstić information content (AvgIpc) is 3.30. The molecule has 1 aromatic carbocycles. The van der Waals surface area contributed by atoms with Crippen LogP contribution in [-0.2, 0) is 6.54 Å². The van der Waals surface area contributed by atoms with E-state index in [1.54, 1.807) is 0 Å². The highest BCUT2D eigenvalue weighted by atomic mass is 15.1. The lowest BCUT2D eigenvalue weighted by molar-refractivity contribution is 0.249. The lowest BCUT2D eigenvalue weighted by Gasteiger charge is -2.37. The van der Waals surface area contributed by atoms with Crippen molar-refractivity contribution in [2.75, 3.05) is 19.6 Å². The van der Waals surface area contributed by atoms with E-state index >= 15 is 0 Å². The fraction of sp³-hybridized carbons (Fsp3) is 0.407. The van der Waals surface area contributed by atoms with Gasteiger partial charge in [0.2, 0.25) is 0 Å². The van der Waals surface area contributed by atoms with Crippen LogP contribution >= 0.6 is 0 Å². The van der Waals surface area contributed by atoms with E-state index in [0.717, 1.165) is 24.5 Å². The zero-order valence-corrected chi connectivity index (χ0v) is 18.2. The fourth-order valence-electron chi connectivity index (χ4n) is 5.01. The number of hydrogen-bond donors (Lipinski definition) is 1. The number of nitrogens with one attached hydrogen (secondary N) is 1. The number of benzene rings is 1. The maximum absolute atomic E-state index is 4.58. The first-order valence-corrected chi connectivity index (χ1v) is 11.7. The lowest BCUT2D eigenvalue weighted by atomic mass is 9.71. The molecule has 0 bridgehead atoms. The maximum atomic E-state index is 4.58. The Labute approximate surface area is 185 Å². The van der Waals surface area contributed by atoms with Crippen molar-refractivity contribution in [1.82, 2.24) is 20.2 Å². The fourth-order valence-corrected chi connectivity index (χ4v) is 5.01. The topological polar surface area (TPSA) is 41.0 Å². The van der Waals surface area contributed by atoms with Crippen LogP contribution in [0.4, 0.5) is 0 Å². The minimum Gasteiger partial charge on any atom is -0.303 e. The third-order valence-corrected chi connectivity index (χ3v) is 6.87. The molecule has 1 aliphatic carbocycles. The van der Waals surface area contributed by atoms with Crippen molar-refractivity contribution < 1.29 is 0 Å². The van der Waals surface area contributed by atoms with Crippen LogP contribution < -0.4 is 5.32 Å². The Morgan fingerprint density at radius 3 is 2.06 bits per heavy atom. The van der Waals surface area contributed by atoms with Crippen LogP contribution in [0, 0.1) is 5.92 Å². The van der Waals surface area contributed by atoms with Crippen molar-refractivity contribution in [2.24, 2.45) is 5.92 Å². The molecule has 3 aromatic rings. The molecule has 0 spiro atoms. The Morgan fingerprint density at radius 1 is 0.839 bits per heavy atom. The highest BCUT2D eigenvalue weighted by molar-refractivity contribution is 5.27. The summed E-state index contributed by atoms with van der Waals surface area (Å²) in [5.41, 5.74) is 5.03. The molecule has 4 heteroatoms. The van der Waals surface area contributed by atoms with Crippen LogP contribution in [0.5, 0.6) is 0 Å². The standard InChI is InChI=1S/C27H32N4/c1-3-13-28-25(7-1)27(26-8-2-4-14-29-26)30-19-22-17-24(18-22)23-11-9-21(10-12-23)20-31-15-5-6-16-31/h1-4,7-14,22,24,27,30H,5-6,15-20H2/t22-,24-. The summed E-state index contributed by atoms with van der Waals surface area (Å²) in [7, 11) is 0. The minimum atomic E-state index is 0.0475. The van der Waals surface area contributed by atoms with Gasteiger partial charge in [-0.05, 0) is 92.5 Å². The van der Waals surface area contributed by atoms with Gasteiger partial charge in [-0.25, -0.2) is 0 Å².